The second kappa shape index (κ2) is 11.3. The molecule has 1 heterocycles. The minimum Gasteiger partial charge on any atom is -0.490 e. The Labute approximate surface area is 183 Å². The number of rotatable bonds is 8. The quantitative estimate of drug-likeness (QED) is 0.502. The van der Waals surface area contributed by atoms with E-state index in [4.69, 9.17) is 15.5 Å². The van der Waals surface area contributed by atoms with Crippen molar-refractivity contribution >= 4 is 11.9 Å². The number of likely N-dealkylation sites (tertiary alicyclic amines) is 1. The summed E-state index contributed by atoms with van der Waals surface area (Å²) in [5, 5.41) is 3.32. The van der Waals surface area contributed by atoms with Crippen LogP contribution in [0.4, 0.5) is 4.39 Å². The largest absolute Gasteiger partial charge is 0.490 e. The molecule has 0 aliphatic carbocycles. The minimum absolute atomic E-state index is 0.179. The number of hydrogen-bond acceptors (Lipinski definition) is 3. The number of guanidine groups is 1. The maximum Gasteiger partial charge on any atom is 0.222 e. The number of amides is 1. The summed E-state index contributed by atoms with van der Waals surface area (Å²) >= 11 is 0. The van der Waals surface area contributed by atoms with Crippen molar-refractivity contribution in [3.63, 3.8) is 0 Å². The van der Waals surface area contributed by atoms with Gasteiger partial charge in [0.25, 0.3) is 0 Å². The highest BCUT2D eigenvalue weighted by Gasteiger charge is 2.23. The molecule has 3 N–H and O–H groups in total. The van der Waals surface area contributed by atoms with Crippen LogP contribution in [0, 0.1) is 11.7 Å². The predicted octanol–water partition coefficient (Wildman–Crippen LogP) is 2.98. The highest BCUT2D eigenvalue weighted by Crippen LogP contribution is 2.19. The molecule has 7 heteroatoms. The molecule has 2 aromatic carbocycles. The first-order valence-electron chi connectivity index (χ1n) is 10.8. The van der Waals surface area contributed by atoms with Crippen LogP contribution in [0.5, 0.6) is 5.75 Å². The lowest BCUT2D eigenvalue weighted by Gasteiger charge is -2.34. The van der Waals surface area contributed by atoms with Gasteiger partial charge in [-0.2, -0.15) is 0 Å². The second-order valence-electron chi connectivity index (χ2n) is 7.74. The van der Waals surface area contributed by atoms with Gasteiger partial charge in [-0.15, -0.1) is 0 Å². The Morgan fingerprint density at radius 2 is 1.87 bits per heavy atom. The molecular formula is C24H31FN4O2. The third-order valence-electron chi connectivity index (χ3n) is 5.38. The minimum atomic E-state index is -0.446. The number of benzene rings is 2. The molecule has 31 heavy (non-hydrogen) atoms. The van der Waals surface area contributed by atoms with E-state index in [9.17, 15) is 9.18 Å². The lowest BCUT2D eigenvalue weighted by molar-refractivity contribution is -0.121. The number of para-hydroxylation sites is 1. The molecule has 3 rings (SSSR count). The lowest BCUT2D eigenvalue weighted by atomic mass is 9.99. The lowest BCUT2D eigenvalue weighted by Crippen LogP contribution is -2.47. The number of carbonyl (C=O) groups excluding carboxylic acids is 1. The van der Waals surface area contributed by atoms with Crippen molar-refractivity contribution in [1.82, 2.24) is 10.2 Å². The number of aliphatic imine (C=N–C) groups is 1. The zero-order valence-corrected chi connectivity index (χ0v) is 18.0. The van der Waals surface area contributed by atoms with E-state index in [2.05, 4.69) is 10.2 Å². The molecule has 1 unspecified atom stereocenters. The van der Waals surface area contributed by atoms with Gasteiger partial charge in [0, 0.05) is 32.5 Å². The molecule has 1 aliphatic rings. The smallest absolute Gasteiger partial charge is 0.222 e. The molecule has 166 valence electrons. The Hall–Kier alpha value is -3.09. The standard InChI is InChI=1S/C24H31FN4O2/c1-2-27-24(28-17-19(23(26)30)16-18-8-10-20(25)11-9-18)29-14-12-22(13-15-29)31-21-6-4-3-5-7-21/h3-11,19,22H,2,12-17H2,1H3,(H2,26,30)(H,27,28). The molecule has 0 bridgehead atoms. The van der Waals surface area contributed by atoms with Crippen molar-refractivity contribution in [3.8, 4) is 5.75 Å². The number of halogens is 1. The van der Waals surface area contributed by atoms with Crippen molar-refractivity contribution < 1.29 is 13.9 Å². The first kappa shape index (κ1) is 22.6. The van der Waals surface area contributed by atoms with Crippen LogP contribution in [-0.2, 0) is 11.2 Å². The topological polar surface area (TPSA) is 79.9 Å². The summed E-state index contributed by atoms with van der Waals surface area (Å²) in [4.78, 5) is 18.9. The van der Waals surface area contributed by atoms with Crippen LogP contribution in [0.2, 0.25) is 0 Å². The van der Waals surface area contributed by atoms with Gasteiger partial charge in [0.05, 0.1) is 12.5 Å². The van der Waals surface area contributed by atoms with Crippen LogP contribution >= 0.6 is 0 Å². The zero-order valence-electron chi connectivity index (χ0n) is 18.0. The highest BCUT2D eigenvalue weighted by atomic mass is 19.1. The Morgan fingerprint density at radius 3 is 2.48 bits per heavy atom. The zero-order chi connectivity index (χ0) is 22.1. The van der Waals surface area contributed by atoms with Gasteiger partial charge in [0.2, 0.25) is 5.91 Å². The van der Waals surface area contributed by atoms with Gasteiger partial charge in [-0.05, 0) is 43.2 Å². The van der Waals surface area contributed by atoms with Gasteiger partial charge < -0.3 is 20.7 Å². The van der Waals surface area contributed by atoms with Crippen molar-refractivity contribution in [2.45, 2.75) is 32.3 Å². The van der Waals surface area contributed by atoms with Crippen molar-refractivity contribution in [1.29, 1.82) is 0 Å². The van der Waals surface area contributed by atoms with E-state index < -0.39 is 11.8 Å². The fraction of sp³-hybridized carbons (Fsp3) is 0.417. The number of nitrogens with two attached hydrogens (primary N) is 1. The maximum absolute atomic E-state index is 13.1. The average Bonchev–Trinajstić information content (AvgIpc) is 2.78. The van der Waals surface area contributed by atoms with Crippen LogP contribution in [0.3, 0.4) is 0 Å². The molecule has 0 spiro atoms. The molecule has 1 atom stereocenters. The molecular weight excluding hydrogens is 395 g/mol. The third-order valence-corrected chi connectivity index (χ3v) is 5.38. The Bertz CT molecular complexity index is 850. The summed E-state index contributed by atoms with van der Waals surface area (Å²) in [5.74, 6) is 0.529. The van der Waals surface area contributed by atoms with E-state index in [1.165, 1.54) is 12.1 Å². The summed E-state index contributed by atoms with van der Waals surface area (Å²) in [6.45, 7) is 4.68. The van der Waals surface area contributed by atoms with Crippen LogP contribution in [-0.4, -0.2) is 49.0 Å². The van der Waals surface area contributed by atoms with Crippen LogP contribution in [0.15, 0.2) is 59.6 Å². The summed E-state index contributed by atoms with van der Waals surface area (Å²) in [6, 6.07) is 16.0. The monoisotopic (exact) mass is 426 g/mol. The summed E-state index contributed by atoms with van der Waals surface area (Å²) in [7, 11) is 0. The van der Waals surface area contributed by atoms with Gasteiger partial charge >= 0.3 is 0 Å². The Kier molecular flexibility index (Phi) is 8.27. The van der Waals surface area contributed by atoms with Crippen LogP contribution in [0.1, 0.15) is 25.3 Å². The van der Waals surface area contributed by atoms with Crippen molar-refractivity contribution in [3.05, 3.63) is 66.0 Å². The first-order chi connectivity index (χ1) is 15.0. The van der Waals surface area contributed by atoms with Crippen molar-refractivity contribution in [2.24, 2.45) is 16.6 Å². The third kappa shape index (κ3) is 6.98. The van der Waals surface area contributed by atoms with E-state index >= 15 is 0 Å². The Morgan fingerprint density at radius 1 is 1.19 bits per heavy atom. The number of carbonyl (C=O) groups is 1. The average molecular weight is 427 g/mol. The fourth-order valence-electron chi connectivity index (χ4n) is 3.66. The van der Waals surface area contributed by atoms with Gasteiger partial charge in [-0.3, -0.25) is 9.79 Å². The highest BCUT2D eigenvalue weighted by molar-refractivity contribution is 5.81. The number of ether oxygens (including phenoxy) is 1. The molecule has 1 amide bonds. The van der Waals surface area contributed by atoms with Gasteiger partial charge in [0.15, 0.2) is 5.96 Å². The SMILES string of the molecule is CCNC(=NCC(Cc1ccc(F)cc1)C(N)=O)N1CCC(Oc2ccccc2)CC1. The number of primary amides is 1. The molecule has 6 nitrogen and oxygen atoms in total. The molecule has 1 aliphatic heterocycles. The van der Waals surface area contributed by atoms with E-state index in [0.29, 0.717) is 6.42 Å². The maximum atomic E-state index is 13.1. The Balaban J connectivity index is 1.58. The second-order valence-corrected chi connectivity index (χ2v) is 7.74. The molecule has 1 saturated heterocycles. The number of piperidine rings is 1. The number of nitrogens with zero attached hydrogens (tertiary/aromatic N) is 2. The molecule has 0 aromatic heterocycles. The first-order valence-corrected chi connectivity index (χ1v) is 10.8. The van der Waals surface area contributed by atoms with E-state index in [-0.39, 0.29) is 18.5 Å². The summed E-state index contributed by atoms with van der Waals surface area (Å²) < 4.78 is 19.2. The predicted molar refractivity (Wildman–Crippen MR) is 120 cm³/mol. The molecule has 2 aromatic rings. The molecule has 0 radical (unpaired) electrons. The molecule has 1 fully saturated rings. The number of hydrogen-bond donors (Lipinski definition) is 2. The number of nitrogens with one attached hydrogen (secondary N) is 1. The van der Waals surface area contributed by atoms with Crippen molar-refractivity contribution in [2.75, 3.05) is 26.2 Å². The normalized spacial score (nSPS) is 16.1. The summed E-state index contributed by atoms with van der Waals surface area (Å²) in [6.07, 6.45) is 2.41. The van der Waals surface area contributed by atoms with Crippen LogP contribution in [0.25, 0.3) is 0 Å². The van der Waals surface area contributed by atoms with Gasteiger partial charge in [0.1, 0.15) is 17.7 Å². The van der Waals surface area contributed by atoms with Gasteiger partial charge in [-0.25, -0.2) is 4.39 Å². The van der Waals surface area contributed by atoms with Gasteiger partial charge in [-0.1, -0.05) is 30.3 Å². The van der Waals surface area contributed by atoms with E-state index in [1.807, 2.05) is 37.3 Å². The van der Waals surface area contributed by atoms with Crippen LogP contribution < -0.4 is 15.8 Å². The summed E-state index contributed by atoms with van der Waals surface area (Å²) in [5.41, 5.74) is 6.48. The van der Waals surface area contributed by atoms with E-state index in [1.54, 1.807) is 12.1 Å². The van der Waals surface area contributed by atoms with E-state index in [0.717, 1.165) is 49.7 Å². The fourth-order valence-corrected chi connectivity index (χ4v) is 3.66. The molecule has 0 saturated carbocycles.